The van der Waals surface area contributed by atoms with Crippen molar-refractivity contribution in [1.82, 2.24) is 14.4 Å². The van der Waals surface area contributed by atoms with Gasteiger partial charge in [-0.05, 0) is 88.4 Å². The topological polar surface area (TPSA) is 54.8 Å². The average Bonchev–Trinajstić information content (AvgIpc) is 2.81. The van der Waals surface area contributed by atoms with Crippen molar-refractivity contribution >= 4 is 16.9 Å². The average molecular weight is 444 g/mol. The van der Waals surface area contributed by atoms with Crippen molar-refractivity contribution < 1.29 is 13.9 Å². The van der Waals surface area contributed by atoms with Crippen molar-refractivity contribution in [3.05, 3.63) is 46.0 Å². The van der Waals surface area contributed by atoms with Crippen molar-refractivity contribution in [2.45, 2.75) is 52.1 Å². The van der Waals surface area contributed by atoms with Crippen molar-refractivity contribution in [2.24, 2.45) is 5.92 Å². The number of ether oxygens (including phenoxy) is 1. The number of carbonyl (C=O) groups is 1. The van der Waals surface area contributed by atoms with E-state index in [2.05, 4.69) is 9.80 Å². The standard InChI is InChI=1S/C25H34FN3O3/c1-2-32-25(31)19-8-12-28(13-9-19)18-21-16-20-6-7-22(26)17-23(20)29(24(21)30)15-14-27-10-4-3-5-11-27/h6-7,16-17,19H,2-5,8-15,18H2,1H3. The van der Waals surface area contributed by atoms with Gasteiger partial charge in [-0.25, -0.2) is 4.39 Å². The lowest BCUT2D eigenvalue weighted by Crippen LogP contribution is -2.39. The molecule has 7 heteroatoms. The van der Waals surface area contributed by atoms with E-state index in [0.29, 0.717) is 25.2 Å². The first kappa shape index (κ1) is 22.9. The zero-order chi connectivity index (χ0) is 22.5. The van der Waals surface area contributed by atoms with Crippen LogP contribution in [0.5, 0.6) is 0 Å². The molecule has 3 heterocycles. The molecule has 32 heavy (non-hydrogen) atoms. The highest BCUT2D eigenvalue weighted by molar-refractivity contribution is 5.79. The second kappa shape index (κ2) is 10.6. The number of rotatable bonds is 7. The van der Waals surface area contributed by atoms with E-state index in [1.807, 2.05) is 13.0 Å². The van der Waals surface area contributed by atoms with Gasteiger partial charge < -0.3 is 14.2 Å². The van der Waals surface area contributed by atoms with E-state index in [1.165, 1.54) is 31.4 Å². The number of halogens is 1. The lowest BCUT2D eigenvalue weighted by atomic mass is 9.96. The van der Waals surface area contributed by atoms with Gasteiger partial charge in [0.1, 0.15) is 5.82 Å². The van der Waals surface area contributed by atoms with Gasteiger partial charge >= 0.3 is 5.97 Å². The third-order valence-corrected chi connectivity index (χ3v) is 6.82. The third-order valence-electron chi connectivity index (χ3n) is 6.82. The van der Waals surface area contributed by atoms with E-state index in [9.17, 15) is 14.0 Å². The number of piperidine rings is 2. The van der Waals surface area contributed by atoms with Crippen LogP contribution in [-0.2, 0) is 22.6 Å². The highest BCUT2D eigenvalue weighted by Crippen LogP contribution is 2.22. The number of nitrogens with zero attached hydrogens (tertiary/aromatic N) is 3. The van der Waals surface area contributed by atoms with Gasteiger partial charge in [-0.15, -0.1) is 0 Å². The quantitative estimate of drug-likeness (QED) is 0.614. The van der Waals surface area contributed by atoms with Crippen LogP contribution in [0.4, 0.5) is 4.39 Å². The first-order valence-electron chi connectivity index (χ1n) is 12.0. The molecular formula is C25H34FN3O3. The molecule has 0 spiro atoms. The van der Waals surface area contributed by atoms with Gasteiger partial charge in [0, 0.05) is 25.2 Å². The maximum Gasteiger partial charge on any atom is 0.309 e. The molecule has 2 saturated heterocycles. The summed E-state index contributed by atoms with van der Waals surface area (Å²) in [6, 6.07) is 6.60. The Morgan fingerprint density at radius 1 is 1.03 bits per heavy atom. The van der Waals surface area contributed by atoms with Crippen molar-refractivity contribution in [3.8, 4) is 0 Å². The molecule has 2 aliphatic heterocycles. The molecule has 174 valence electrons. The molecule has 2 aliphatic rings. The lowest BCUT2D eigenvalue weighted by Gasteiger charge is -2.31. The minimum Gasteiger partial charge on any atom is -0.466 e. The van der Waals surface area contributed by atoms with Crippen LogP contribution in [0.15, 0.2) is 29.1 Å². The molecule has 0 N–H and O–H groups in total. The second-order valence-electron chi connectivity index (χ2n) is 9.03. The summed E-state index contributed by atoms with van der Waals surface area (Å²) < 4.78 is 20.9. The molecule has 0 aliphatic carbocycles. The molecule has 0 saturated carbocycles. The van der Waals surface area contributed by atoms with Gasteiger partial charge in [0.05, 0.1) is 18.0 Å². The molecule has 2 aromatic rings. The molecule has 0 unspecified atom stereocenters. The summed E-state index contributed by atoms with van der Waals surface area (Å²) in [6.45, 7) is 7.81. The molecular weight excluding hydrogens is 409 g/mol. The van der Waals surface area contributed by atoms with E-state index in [4.69, 9.17) is 4.74 Å². The normalized spacial score (nSPS) is 18.8. The van der Waals surface area contributed by atoms with E-state index >= 15 is 0 Å². The Bertz CT molecular complexity index is 992. The number of hydrogen-bond acceptors (Lipinski definition) is 5. The van der Waals surface area contributed by atoms with Gasteiger partial charge in [0.15, 0.2) is 0 Å². The van der Waals surface area contributed by atoms with E-state index in [-0.39, 0.29) is 23.3 Å². The molecule has 0 bridgehead atoms. The maximum atomic E-state index is 14.0. The third kappa shape index (κ3) is 5.38. The molecule has 4 rings (SSSR count). The molecule has 0 amide bonds. The molecule has 1 aromatic carbocycles. The first-order valence-corrected chi connectivity index (χ1v) is 12.0. The smallest absolute Gasteiger partial charge is 0.309 e. The largest absolute Gasteiger partial charge is 0.466 e. The van der Waals surface area contributed by atoms with Crippen LogP contribution in [0, 0.1) is 11.7 Å². The SMILES string of the molecule is CCOC(=O)C1CCN(Cc2cc3ccc(F)cc3n(CCN3CCCCC3)c2=O)CC1. The fourth-order valence-corrected chi connectivity index (χ4v) is 4.99. The van der Waals surface area contributed by atoms with Gasteiger partial charge in [-0.3, -0.25) is 14.5 Å². The molecule has 0 atom stereocenters. The zero-order valence-corrected chi connectivity index (χ0v) is 19.0. The lowest BCUT2D eigenvalue weighted by molar-refractivity contribution is -0.149. The van der Waals surface area contributed by atoms with Crippen LogP contribution < -0.4 is 5.56 Å². The number of pyridine rings is 1. The van der Waals surface area contributed by atoms with Crippen molar-refractivity contribution in [3.63, 3.8) is 0 Å². The summed E-state index contributed by atoms with van der Waals surface area (Å²) in [5, 5.41) is 0.890. The number of benzene rings is 1. The van der Waals surface area contributed by atoms with Gasteiger partial charge in [-0.1, -0.05) is 6.42 Å². The Morgan fingerprint density at radius 3 is 2.50 bits per heavy atom. The Balaban J connectivity index is 1.51. The highest BCUT2D eigenvalue weighted by atomic mass is 19.1. The number of hydrogen-bond donors (Lipinski definition) is 0. The maximum absolute atomic E-state index is 14.0. The first-order chi connectivity index (χ1) is 15.5. The zero-order valence-electron chi connectivity index (χ0n) is 19.0. The Morgan fingerprint density at radius 2 is 1.78 bits per heavy atom. The van der Waals surface area contributed by atoms with E-state index in [1.54, 1.807) is 10.6 Å². The van der Waals surface area contributed by atoms with Crippen molar-refractivity contribution in [2.75, 3.05) is 39.3 Å². The summed E-state index contributed by atoms with van der Waals surface area (Å²) in [5.74, 6) is -0.482. The molecule has 0 radical (unpaired) electrons. The van der Waals surface area contributed by atoms with E-state index in [0.717, 1.165) is 56.5 Å². The molecule has 1 aromatic heterocycles. The van der Waals surface area contributed by atoms with Crippen LogP contribution in [0.2, 0.25) is 0 Å². The summed E-state index contributed by atoms with van der Waals surface area (Å²) in [5.41, 5.74) is 1.36. The monoisotopic (exact) mass is 443 g/mol. The fourth-order valence-electron chi connectivity index (χ4n) is 4.99. The van der Waals surface area contributed by atoms with Crippen LogP contribution in [0.1, 0.15) is 44.6 Å². The number of fused-ring (bicyclic) bond motifs is 1. The Hall–Kier alpha value is -2.25. The predicted molar refractivity (Wildman–Crippen MR) is 123 cm³/mol. The fraction of sp³-hybridized carbons (Fsp3) is 0.600. The number of esters is 1. The van der Waals surface area contributed by atoms with Crippen LogP contribution in [0.3, 0.4) is 0 Å². The van der Waals surface area contributed by atoms with Crippen LogP contribution in [0.25, 0.3) is 10.9 Å². The summed E-state index contributed by atoms with van der Waals surface area (Å²) in [6.07, 6.45) is 5.17. The number of likely N-dealkylation sites (tertiary alicyclic amines) is 2. The number of carbonyl (C=O) groups excluding carboxylic acids is 1. The minimum absolute atomic E-state index is 0.0346. The summed E-state index contributed by atoms with van der Waals surface area (Å²) >= 11 is 0. The van der Waals surface area contributed by atoms with E-state index < -0.39 is 0 Å². The van der Waals surface area contributed by atoms with Gasteiger partial charge in [0.25, 0.3) is 5.56 Å². The van der Waals surface area contributed by atoms with Crippen molar-refractivity contribution in [1.29, 1.82) is 0 Å². The summed E-state index contributed by atoms with van der Waals surface area (Å²) in [7, 11) is 0. The molecule has 2 fully saturated rings. The summed E-state index contributed by atoms with van der Waals surface area (Å²) in [4.78, 5) is 30.1. The van der Waals surface area contributed by atoms with Gasteiger partial charge in [-0.2, -0.15) is 0 Å². The predicted octanol–water partition coefficient (Wildman–Crippen LogP) is 3.40. The molecule has 6 nitrogen and oxygen atoms in total. The highest BCUT2D eigenvalue weighted by Gasteiger charge is 2.26. The Kier molecular flexibility index (Phi) is 7.58. The Labute approximate surface area is 188 Å². The van der Waals surface area contributed by atoms with Gasteiger partial charge in [0.2, 0.25) is 0 Å². The minimum atomic E-state index is -0.322. The van der Waals surface area contributed by atoms with Crippen LogP contribution >= 0.6 is 0 Å². The second-order valence-corrected chi connectivity index (χ2v) is 9.03. The number of aromatic nitrogens is 1. The van der Waals surface area contributed by atoms with Crippen LogP contribution in [-0.4, -0.2) is 59.7 Å².